The molecule has 0 saturated heterocycles. The molecule has 6 nitrogen and oxygen atoms in total. The monoisotopic (exact) mass is 318 g/mol. The number of Topliss-reactive ketones (excluding diaryl/α,β-unsaturated/α-hetero) is 2. The maximum absolute atomic E-state index is 12.8. The van der Waals surface area contributed by atoms with Crippen LogP contribution in [0.5, 0.6) is 17.2 Å². The minimum Gasteiger partial charge on any atom is -0.504 e. The third kappa shape index (κ3) is 2.27. The van der Waals surface area contributed by atoms with Gasteiger partial charge >= 0.3 is 0 Å². The molecule has 0 radical (unpaired) electrons. The molecule has 2 rings (SSSR count). The molecule has 2 N–H and O–H groups in total. The fourth-order valence-electron chi connectivity index (χ4n) is 2.59. The first-order chi connectivity index (χ1) is 10.7. The Morgan fingerprint density at radius 3 is 2.22 bits per heavy atom. The second kappa shape index (κ2) is 5.46. The van der Waals surface area contributed by atoms with Gasteiger partial charge in [0.05, 0.1) is 25.4 Å². The standard InChI is InChI=1S/C17H18O6/c1-6-17(2,3)11-12(19)8-7-9(18)15(22-4)13(20)10(8)14(21)16(11)23-5/h6-7,18,20H,1H2,2-5H3. The van der Waals surface area contributed by atoms with Crippen molar-refractivity contribution in [3.05, 3.63) is 41.2 Å². The Morgan fingerprint density at radius 2 is 1.74 bits per heavy atom. The van der Waals surface area contributed by atoms with E-state index in [-0.39, 0.29) is 28.2 Å². The maximum atomic E-state index is 12.8. The van der Waals surface area contributed by atoms with Crippen LogP contribution < -0.4 is 4.74 Å². The molecule has 1 aromatic carbocycles. The van der Waals surface area contributed by atoms with Crippen LogP contribution in [0, 0.1) is 5.41 Å². The number of hydrogen-bond donors (Lipinski definition) is 2. The van der Waals surface area contributed by atoms with Gasteiger partial charge in [-0.05, 0) is 6.07 Å². The number of ether oxygens (including phenoxy) is 2. The van der Waals surface area contributed by atoms with Gasteiger partial charge in [-0.2, -0.15) is 0 Å². The highest BCUT2D eigenvalue weighted by atomic mass is 16.5. The molecule has 0 fully saturated rings. The van der Waals surface area contributed by atoms with Crippen molar-refractivity contribution >= 4 is 11.6 Å². The van der Waals surface area contributed by atoms with Gasteiger partial charge in [0.1, 0.15) is 0 Å². The minimum atomic E-state index is -0.832. The van der Waals surface area contributed by atoms with E-state index in [1.807, 2.05) is 0 Å². The van der Waals surface area contributed by atoms with Crippen LogP contribution in [0.25, 0.3) is 0 Å². The number of hydrogen-bond acceptors (Lipinski definition) is 6. The Kier molecular flexibility index (Phi) is 3.94. The molecule has 1 aliphatic carbocycles. The van der Waals surface area contributed by atoms with Crippen LogP contribution in [0.2, 0.25) is 0 Å². The second-order valence-corrected chi connectivity index (χ2v) is 5.69. The number of allylic oxidation sites excluding steroid dienone is 3. The third-order valence-electron chi connectivity index (χ3n) is 3.93. The smallest absolute Gasteiger partial charge is 0.232 e. The molecule has 6 heteroatoms. The van der Waals surface area contributed by atoms with Crippen LogP contribution in [0.4, 0.5) is 0 Å². The van der Waals surface area contributed by atoms with Crippen molar-refractivity contribution in [2.45, 2.75) is 13.8 Å². The van der Waals surface area contributed by atoms with Crippen molar-refractivity contribution < 1.29 is 29.3 Å². The largest absolute Gasteiger partial charge is 0.504 e. The third-order valence-corrected chi connectivity index (χ3v) is 3.93. The van der Waals surface area contributed by atoms with Crippen LogP contribution in [-0.2, 0) is 4.74 Å². The summed E-state index contributed by atoms with van der Waals surface area (Å²) in [6, 6.07) is 1.11. The van der Waals surface area contributed by atoms with Crippen LogP contribution in [-0.4, -0.2) is 36.0 Å². The first-order valence-corrected chi connectivity index (χ1v) is 6.85. The molecular weight excluding hydrogens is 300 g/mol. The van der Waals surface area contributed by atoms with E-state index in [4.69, 9.17) is 9.47 Å². The van der Waals surface area contributed by atoms with E-state index >= 15 is 0 Å². The van der Waals surface area contributed by atoms with Crippen molar-refractivity contribution in [1.29, 1.82) is 0 Å². The van der Waals surface area contributed by atoms with Crippen LogP contribution in [0.1, 0.15) is 34.6 Å². The minimum absolute atomic E-state index is 0.100. The predicted molar refractivity (Wildman–Crippen MR) is 83.0 cm³/mol. The first kappa shape index (κ1) is 16.6. The molecule has 0 aromatic heterocycles. The van der Waals surface area contributed by atoms with Gasteiger partial charge in [-0.15, -0.1) is 6.58 Å². The Bertz CT molecular complexity index is 755. The summed E-state index contributed by atoms with van der Waals surface area (Å²) >= 11 is 0. The van der Waals surface area contributed by atoms with Crippen molar-refractivity contribution in [1.82, 2.24) is 0 Å². The molecule has 0 bridgehead atoms. The predicted octanol–water partition coefficient (Wildman–Crippen LogP) is 2.60. The molecule has 0 spiro atoms. The zero-order valence-corrected chi connectivity index (χ0v) is 13.4. The number of carbonyl (C=O) groups excluding carboxylic acids is 2. The SMILES string of the molecule is C=CC(C)(C)C1=C(OC)C(=O)c2c(cc(O)c(OC)c2O)C1=O. The van der Waals surface area contributed by atoms with Gasteiger partial charge in [0.25, 0.3) is 0 Å². The summed E-state index contributed by atoms with van der Waals surface area (Å²) in [7, 11) is 2.51. The number of benzene rings is 1. The van der Waals surface area contributed by atoms with Crippen LogP contribution >= 0.6 is 0 Å². The number of aromatic hydroxyl groups is 2. The average Bonchev–Trinajstić information content (AvgIpc) is 2.50. The lowest BCUT2D eigenvalue weighted by Crippen LogP contribution is -2.30. The molecule has 0 unspecified atom stereocenters. The van der Waals surface area contributed by atoms with Gasteiger partial charge in [0.2, 0.25) is 11.5 Å². The second-order valence-electron chi connectivity index (χ2n) is 5.69. The average molecular weight is 318 g/mol. The Morgan fingerprint density at radius 1 is 1.13 bits per heavy atom. The summed E-state index contributed by atoms with van der Waals surface area (Å²) in [5.74, 6) is -2.62. The van der Waals surface area contributed by atoms with Crippen LogP contribution in [0.15, 0.2) is 30.1 Å². The fourth-order valence-corrected chi connectivity index (χ4v) is 2.59. The van der Waals surface area contributed by atoms with Crippen molar-refractivity contribution in [3.8, 4) is 17.2 Å². The molecule has 0 saturated carbocycles. The normalized spacial score (nSPS) is 14.6. The summed E-state index contributed by atoms with van der Waals surface area (Å²) in [6.45, 7) is 7.11. The van der Waals surface area contributed by atoms with Gasteiger partial charge in [0.15, 0.2) is 23.0 Å². The number of phenols is 2. The topological polar surface area (TPSA) is 93.1 Å². The molecular formula is C17H18O6. The summed E-state index contributed by atoms with van der Waals surface area (Å²) < 4.78 is 10.0. The Balaban J connectivity index is 2.86. The van der Waals surface area contributed by atoms with E-state index < -0.39 is 28.5 Å². The van der Waals surface area contributed by atoms with E-state index in [0.29, 0.717) is 0 Å². The van der Waals surface area contributed by atoms with Crippen LogP contribution in [0.3, 0.4) is 0 Å². The quantitative estimate of drug-likeness (QED) is 0.829. The summed E-state index contributed by atoms with van der Waals surface area (Å²) in [5.41, 5.74) is -1.06. The lowest BCUT2D eigenvalue weighted by atomic mass is 9.74. The highest BCUT2D eigenvalue weighted by molar-refractivity contribution is 6.28. The first-order valence-electron chi connectivity index (χ1n) is 6.85. The van der Waals surface area contributed by atoms with E-state index in [1.54, 1.807) is 13.8 Å². The zero-order chi connectivity index (χ0) is 17.5. The number of methoxy groups -OCH3 is 2. The molecule has 0 aliphatic heterocycles. The number of rotatable bonds is 4. The van der Waals surface area contributed by atoms with E-state index in [1.165, 1.54) is 20.3 Å². The number of carbonyl (C=O) groups is 2. The van der Waals surface area contributed by atoms with Gasteiger partial charge in [-0.3, -0.25) is 9.59 Å². The lowest BCUT2D eigenvalue weighted by Gasteiger charge is -2.29. The fraction of sp³-hybridized carbons (Fsp3) is 0.294. The van der Waals surface area contributed by atoms with Gasteiger partial charge in [0, 0.05) is 11.0 Å². The van der Waals surface area contributed by atoms with E-state index in [0.717, 1.165) is 6.07 Å². The van der Waals surface area contributed by atoms with Gasteiger partial charge in [-0.1, -0.05) is 19.9 Å². The maximum Gasteiger partial charge on any atom is 0.232 e. The Labute approximate surface area is 133 Å². The van der Waals surface area contributed by atoms with E-state index in [2.05, 4.69) is 6.58 Å². The number of phenolic OH excluding ortho intramolecular Hbond substituents is 2. The molecule has 122 valence electrons. The van der Waals surface area contributed by atoms with Gasteiger partial charge in [-0.25, -0.2) is 0 Å². The van der Waals surface area contributed by atoms with Crippen molar-refractivity contribution in [2.75, 3.05) is 14.2 Å². The molecule has 0 atom stereocenters. The summed E-state index contributed by atoms with van der Waals surface area (Å²) in [6.07, 6.45) is 1.53. The molecule has 1 aromatic rings. The zero-order valence-electron chi connectivity index (χ0n) is 13.4. The number of ketones is 2. The molecule has 0 heterocycles. The van der Waals surface area contributed by atoms with Gasteiger partial charge < -0.3 is 19.7 Å². The highest BCUT2D eigenvalue weighted by Crippen LogP contribution is 2.46. The van der Waals surface area contributed by atoms with Crippen molar-refractivity contribution in [2.24, 2.45) is 5.41 Å². The molecule has 1 aliphatic rings. The summed E-state index contributed by atoms with van der Waals surface area (Å²) in [5, 5.41) is 20.1. The lowest BCUT2D eigenvalue weighted by molar-refractivity contribution is 0.0886. The molecule has 23 heavy (non-hydrogen) atoms. The Hall–Kier alpha value is -2.76. The number of fused-ring (bicyclic) bond motifs is 1. The molecule has 0 amide bonds. The van der Waals surface area contributed by atoms with Crippen molar-refractivity contribution in [3.63, 3.8) is 0 Å². The van der Waals surface area contributed by atoms with E-state index in [9.17, 15) is 19.8 Å². The highest BCUT2D eigenvalue weighted by Gasteiger charge is 2.42. The summed E-state index contributed by atoms with van der Waals surface area (Å²) in [4.78, 5) is 25.5.